The fourth-order valence-electron chi connectivity index (χ4n) is 2.32. The molecular weight excluding hydrogens is 217 g/mol. The van der Waals surface area contributed by atoms with Crippen LogP contribution in [0.5, 0.6) is 0 Å². The Morgan fingerprint density at radius 2 is 2.12 bits per heavy atom. The monoisotopic (exact) mass is 235 g/mol. The van der Waals surface area contributed by atoms with Gasteiger partial charge in [0.2, 0.25) is 0 Å². The average Bonchev–Trinajstić information content (AvgIpc) is 2.77. The van der Waals surface area contributed by atoms with Gasteiger partial charge in [0.25, 0.3) is 0 Å². The number of nitrogens with zero attached hydrogens (tertiary/aromatic N) is 1. The second-order valence-electron chi connectivity index (χ2n) is 4.73. The van der Waals surface area contributed by atoms with E-state index in [0.29, 0.717) is 12.1 Å². The molecule has 1 aromatic rings. The largest absolute Gasteiger partial charge is 0.296 e. The number of halogens is 1. The lowest BCUT2D eigenvalue weighted by molar-refractivity contribution is 0.0943. The van der Waals surface area contributed by atoms with Crippen LogP contribution in [-0.2, 0) is 0 Å². The number of carbonyl (C=O) groups excluding carboxylic acids is 1. The molecule has 1 saturated heterocycles. The second kappa shape index (κ2) is 5.41. The summed E-state index contributed by atoms with van der Waals surface area (Å²) in [5.74, 6) is 0.520. The maximum atomic E-state index is 12.7. The summed E-state index contributed by atoms with van der Waals surface area (Å²) in [5, 5.41) is 0. The summed E-state index contributed by atoms with van der Waals surface area (Å²) < 4.78 is 12.7. The minimum absolute atomic E-state index is 0.0850. The second-order valence-corrected chi connectivity index (χ2v) is 4.73. The van der Waals surface area contributed by atoms with Crippen molar-refractivity contribution in [2.24, 2.45) is 5.92 Å². The van der Waals surface area contributed by atoms with Crippen LogP contribution in [0.1, 0.15) is 30.1 Å². The minimum Gasteiger partial charge on any atom is -0.296 e. The Morgan fingerprint density at radius 1 is 1.41 bits per heavy atom. The summed E-state index contributed by atoms with van der Waals surface area (Å²) in [7, 11) is 0. The SMILES string of the molecule is CCC1CCN(CC(=O)c2ccc(F)cc2)C1. The summed E-state index contributed by atoms with van der Waals surface area (Å²) in [6, 6.07) is 5.80. The molecule has 0 bridgehead atoms. The Bertz CT molecular complexity index is 388. The van der Waals surface area contributed by atoms with Gasteiger partial charge in [0, 0.05) is 12.1 Å². The van der Waals surface area contributed by atoms with Crippen LogP contribution in [0, 0.1) is 11.7 Å². The van der Waals surface area contributed by atoms with Gasteiger partial charge in [0.1, 0.15) is 5.82 Å². The molecule has 0 spiro atoms. The molecule has 3 heteroatoms. The molecule has 1 heterocycles. The van der Waals surface area contributed by atoms with Crippen molar-refractivity contribution in [3.05, 3.63) is 35.6 Å². The molecule has 0 amide bonds. The van der Waals surface area contributed by atoms with E-state index in [0.717, 1.165) is 19.0 Å². The Labute approximate surface area is 101 Å². The lowest BCUT2D eigenvalue weighted by Gasteiger charge is -2.14. The quantitative estimate of drug-likeness (QED) is 0.748. The lowest BCUT2D eigenvalue weighted by Crippen LogP contribution is -2.27. The highest BCUT2D eigenvalue weighted by atomic mass is 19.1. The smallest absolute Gasteiger partial charge is 0.176 e. The van der Waals surface area contributed by atoms with E-state index in [4.69, 9.17) is 0 Å². The van der Waals surface area contributed by atoms with E-state index >= 15 is 0 Å². The Hall–Kier alpha value is -1.22. The van der Waals surface area contributed by atoms with Crippen LogP contribution in [0.15, 0.2) is 24.3 Å². The zero-order valence-electron chi connectivity index (χ0n) is 10.2. The van der Waals surface area contributed by atoms with Crippen LogP contribution in [0.2, 0.25) is 0 Å². The predicted molar refractivity (Wildman–Crippen MR) is 65.6 cm³/mol. The third-order valence-electron chi connectivity index (χ3n) is 3.48. The number of rotatable bonds is 4. The highest BCUT2D eigenvalue weighted by Gasteiger charge is 2.22. The maximum absolute atomic E-state index is 12.7. The molecule has 1 unspecified atom stereocenters. The lowest BCUT2D eigenvalue weighted by atomic mass is 10.1. The van der Waals surface area contributed by atoms with Gasteiger partial charge in [-0.15, -0.1) is 0 Å². The third kappa shape index (κ3) is 3.13. The number of benzene rings is 1. The molecule has 1 aromatic carbocycles. The molecule has 2 rings (SSSR count). The molecule has 0 aliphatic carbocycles. The van der Waals surface area contributed by atoms with Crippen molar-refractivity contribution in [3.8, 4) is 0 Å². The van der Waals surface area contributed by atoms with Gasteiger partial charge in [-0.1, -0.05) is 13.3 Å². The van der Waals surface area contributed by atoms with Crippen molar-refractivity contribution in [1.82, 2.24) is 4.90 Å². The van der Waals surface area contributed by atoms with E-state index in [1.54, 1.807) is 12.1 Å². The van der Waals surface area contributed by atoms with Crippen molar-refractivity contribution in [2.75, 3.05) is 19.6 Å². The van der Waals surface area contributed by atoms with E-state index in [9.17, 15) is 9.18 Å². The van der Waals surface area contributed by atoms with Crippen LogP contribution in [0.4, 0.5) is 4.39 Å². The van der Waals surface area contributed by atoms with Gasteiger partial charge >= 0.3 is 0 Å². The van der Waals surface area contributed by atoms with Crippen molar-refractivity contribution >= 4 is 5.78 Å². The standard InChI is InChI=1S/C14H18FNO/c1-2-11-7-8-16(9-11)10-14(17)12-3-5-13(15)6-4-12/h3-6,11H,2,7-10H2,1H3. The highest BCUT2D eigenvalue weighted by Crippen LogP contribution is 2.19. The topological polar surface area (TPSA) is 20.3 Å². The summed E-state index contributed by atoms with van der Waals surface area (Å²) in [6.07, 6.45) is 2.37. The van der Waals surface area contributed by atoms with E-state index in [1.807, 2.05) is 0 Å². The summed E-state index contributed by atoms with van der Waals surface area (Å²) in [6.45, 7) is 4.67. The Morgan fingerprint density at radius 3 is 2.71 bits per heavy atom. The van der Waals surface area contributed by atoms with Gasteiger partial charge in [-0.05, 0) is 43.1 Å². The number of likely N-dealkylation sites (tertiary alicyclic amines) is 1. The molecule has 0 aromatic heterocycles. The van der Waals surface area contributed by atoms with Crippen LogP contribution in [0.3, 0.4) is 0 Å². The first-order valence-electron chi connectivity index (χ1n) is 6.20. The zero-order valence-corrected chi connectivity index (χ0v) is 10.2. The predicted octanol–water partition coefficient (Wildman–Crippen LogP) is 2.74. The molecule has 1 aliphatic heterocycles. The third-order valence-corrected chi connectivity index (χ3v) is 3.48. The Balaban J connectivity index is 1.91. The first kappa shape index (κ1) is 12.2. The first-order chi connectivity index (χ1) is 8.19. The molecule has 0 saturated carbocycles. The number of hydrogen-bond donors (Lipinski definition) is 0. The van der Waals surface area contributed by atoms with Crippen molar-refractivity contribution in [3.63, 3.8) is 0 Å². The summed E-state index contributed by atoms with van der Waals surface area (Å²) in [5.41, 5.74) is 0.603. The van der Waals surface area contributed by atoms with E-state index in [2.05, 4.69) is 11.8 Å². The Kier molecular flexibility index (Phi) is 3.89. The van der Waals surface area contributed by atoms with E-state index < -0.39 is 0 Å². The van der Waals surface area contributed by atoms with Gasteiger partial charge in [-0.3, -0.25) is 9.69 Å². The van der Waals surface area contributed by atoms with Gasteiger partial charge in [0.05, 0.1) is 6.54 Å². The normalized spacial score (nSPS) is 20.7. The maximum Gasteiger partial charge on any atom is 0.176 e. The van der Waals surface area contributed by atoms with Crippen LogP contribution >= 0.6 is 0 Å². The van der Waals surface area contributed by atoms with E-state index in [1.165, 1.54) is 25.0 Å². The first-order valence-corrected chi connectivity index (χ1v) is 6.20. The summed E-state index contributed by atoms with van der Waals surface area (Å²) in [4.78, 5) is 14.1. The molecular formula is C14H18FNO. The molecule has 1 aliphatic rings. The molecule has 2 nitrogen and oxygen atoms in total. The van der Waals surface area contributed by atoms with E-state index in [-0.39, 0.29) is 11.6 Å². The van der Waals surface area contributed by atoms with Crippen LogP contribution in [-0.4, -0.2) is 30.3 Å². The number of hydrogen-bond acceptors (Lipinski definition) is 2. The van der Waals surface area contributed by atoms with Crippen molar-refractivity contribution in [2.45, 2.75) is 19.8 Å². The molecule has 17 heavy (non-hydrogen) atoms. The number of carbonyl (C=O) groups is 1. The van der Waals surface area contributed by atoms with Gasteiger partial charge < -0.3 is 0 Å². The fraction of sp³-hybridized carbons (Fsp3) is 0.500. The average molecular weight is 235 g/mol. The summed E-state index contributed by atoms with van der Waals surface area (Å²) >= 11 is 0. The zero-order chi connectivity index (χ0) is 12.3. The molecule has 0 N–H and O–H groups in total. The van der Waals surface area contributed by atoms with Gasteiger partial charge in [-0.25, -0.2) is 4.39 Å². The molecule has 1 fully saturated rings. The highest BCUT2D eigenvalue weighted by molar-refractivity contribution is 5.97. The molecule has 92 valence electrons. The van der Waals surface area contributed by atoms with Crippen LogP contribution < -0.4 is 0 Å². The van der Waals surface area contributed by atoms with Crippen molar-refractivity contribution < 1.29 is 9.18 Å². The number of Topliss-reactive ketones (excluding diaryl/α,β-unsaturated/α-hetero) is 1. The molecule has 0 radical (unpaired) electrons. The van der Waals surface area contributed by atoms with Crippen molar-refractivity contribution in [1.29, 1.82) is 0 Å². The fourth-order valence-corrected chi connectivity index (χ4v) is 2.32. The minimum atomic E-state index is -0.297. The molecule has 1 atom stereocenters. The van der Waals surface area contributed by atoms with Gasteiger partial charge in [-0.2, -0.15) is 0 Å². The van der Waals surface area contributed by atoms with Gasteiger partial charge in [0.15, 0.2) is 5.78 Å². The number of ketones is 1. The van der Waals surface area contributed by atoms with Crippen LogP contribution in [0.25, 0.3) is 0 Å².